The first-order valence-electron chi connectivity index (χ1n) is 9.44. The first-order chi connectivity index (χ1) is 12.5. The predicted octanol–water partition coefficient (Wildman–Crippen LogP) is 2.20. The number of hydrogen-bond donors (Lipinski definition) is 1. The zero-order valence-corrected chi connectivity index (χ0v) is 16.0. The number of amides is 1. The van der Waals surface area contributed by atoms with E-state index in [0.717, 1.165) is 69.8 Å². The smallest absolute Gasteiger partial charge is 0.225 e. The Morgan fingerprint density at radius 2 is 1.85 bits per heavy atom. The van der Waals surface area contributed by atoms with Crippen molar-refractivity contribution in [2.75, 3.05) is 37.4 Å². The summed E-state index contributed by atoms with van der Waals surface area (Å²) >= 11 is 0. The number of anilines is 1. The van der Waals surface area contributed by atoms with Gasteiger partial charge in [0, 0.05) is 31.7 Å². The minimum Gasteiger partial charge on any atom is -0.379 e. The molecule has 1 aromatic rings. The van der Waals surface area contributed by atoms with E-state index in [4.69, 9.17) is 4.74 Å². The van der Waals surface area contributed by atoms with Crippen molar-refractivity contribution in [3.8, 4) is 0 Å². The van der Waals surface area contributed by atoms with Crippen LogP contribution >= 0.6 is 0 Å². The molecule has 3 rings (SSSR count). The van der Waals surface area contributed by atoms with Crippen LogP contribution < -0.4 is 5.32 Å². The maximum absolute atomic E-state index is 12.3. The molecule has 7 heteroatoms. The van der Waals surface area contributed by atoms with Gasteiger partial charge in [-0.3, -0.25) is 9.69 Å². The predicted molar refractivity (Wildman–Crippen MR) is 102 cm³/mol. The lowest BCUT2D eigenvalue weighted by molar-refractivity contribution is -0.115. The highest BCUT2D eigenvalue weighted by atomic mass is 32.2. The van der Waals surface area contributed by atoms with E-state index in [1.54, 1.807) is 0 Å². The number of rotatable bonds is 7. The molecule has 0 bridgehead atoms. The summed E-state index contributed by atoms with van der Waals surface area (Å²) in [5.41, 5.74) is 1.81. The number of para-hydroxylation sites is 1. The molecule has 1 aliphatic carbocycles. The fraction of sp³-hybridized carbons (Fsp3) is 0.632. The molecular formula is C19H28N2O4S. The molecular weight excluding hydrogens is 352 g/mol. The monoisotopic (exact) mass is 380 g/mol. The molecule has 26 heavy (non-hydrogen) atoms. The molecule has 1 aliphatic heterocycles. The third kappa shape index (κ3) is 5.28. The average molecular weight is 381 g/mol. The summed E-state index contributed by atoms with van der Waals surface area (Å²) in [5.74, 6) is -0.296. The number of hydrogen-bond acceptors (Lipinski definition) is 5. The summed E-state index contributed by atoms with van der Waals surface area (Å²) in [6, 6.07) is 7.71. The minimum atomic E-state index is -3.16. The molecule has 1 amide bonds. The van der Waals surface area contributed by atoms with Crippen LogP contribution in [0.25, 0.3) is 0 Å². The molecule has 1 saturated carbocycles. The van der Waals surface area contributed by atoms with E-state index >= 15 is 0 Å². The Bertz CT molecular complexity index is 708. The van der Waals surface area contributed by atoms with Gasteiger partial charge < -0.3 is 10.1 Å². The minimum absolute atomic E-state index is 0.0186. The Morgan fingerprint density at radius 1 is 1.15 bits per heavy atom. The van der Waals surface area contributed by atoms with Crippen molar-refractivity contribution < 1.29 is 17.9 Å². The highest BCUT2D eigenvalue weighted by Crippen LogP contribution is 2.25. The van der Waals surface area contributed by atoms with Gasteiger partial charge in [0.15, 0.2) is 9.84 Å². The van der Waals surface area contributed by atoms with Gasteiger partial charge in [-0.1, -0.05) is 31.0 Å². The summed E-state index contributed by atoms with van der Waals surface area (Å²) in [7, 11) is -3.16. The molecule has 2 fully saturated rings. The second kappa shape index (κ2) is 8.97. The molecule has 1 N–H and O–H groups in total. The maximum atomic E-state index is 12.3. The van der Waals surface area contributed by atoms with Crippen LogP contribution in [0.5, 0.6) is 0 Å². The van der Waals surface area contributed by atoms with Crippen molar-refractivity contribution in [2.24, 2.45) is 0 Å². The molecule has 6 nitrogen and oxygen atoms in total. The zero-order chi connectivity index (χ0) is 18.4. The van der Waals surface area contributed by atoms with Gasteiger partial charge in [-0.05, 0) is 24.5 Å². The topological polar surface area (TPSA) is 75.7 Å². The third-order valence-electron chi connectivity index (χ3n) is 5.21. The van der Waals surface area contributed by atoms with Crippen molar-refractivity contribution in [1.82, 2.24) is 4.90 Å². The summed E-state index contributed by atoms with van der Waals surface area (Å²) in [6.07, 6.45) is 3.46. The van der Waals surface area contributed by atoms with Gasteiger partial charge in [0.1, 0.15) is 0 Å². The lowest BCUT2D eigenvalue weighted by atomic mass is 10.1. The highest BCUT2D eigenvalue weighted by molar-refractivity contribution is 7.92. The number of carbonyl (C=O) groups is 1. The van der Waals surface area contributed by atoms with Crippen LogP contribution in [-0.2, 0) is 25.9 Å². The molecule has 0 atom stereocenters. The van der Waals surface area contributed by atoms with E-state index in [1.165, 1.54) is 0 Å². The molecule has 1 saturated heterocycles. The van der Waals surface area contributed by atoms with Gasteiger partial charge in [-0.2, -0.15) is 0 Å². The standard InChI is InChI=1S/C19H28N2O4S/c22-19(9-14-26(23,24)17-6-2-3-7-17)20-18-8-4-1-5-16(18)15-21-10-12-25-13-11-21/h1,4-5,8,17H,2-3,6-7,9-15H2,(H,20,22). The lowest BCUT2D eigenvalue weighted by Crippen LogP contribution is -2.35. The summed E-state index contributed by atoms with van der Waals surface area (Å²) in [4.78, 5) is 14.6. The molecule has 2 aliphatic rings. The van der Waals surface area contributed by atoms with Crippen LogP contribution in [0.1, 0.15) is 37.7 Å². The molecule has 1 aromatic carbocycles. The van der Waals surface area contributed by atoms with Crippen LogP contribution in [-0.4, -0.2) is 56.5 Å². The van der Waals surface area contributed by atoms with Crippen molar-refractivity contribution in [3.05, 3.63) is 29.8 Å². The molecule has 1 heterocycles. The first-order valence-corrected chi connectivity index (χ1v) is 11.2. The molecule has 0 spiro atoms. The van der Waals surface area contributed by atoms with Gasteiger partial charge in [0.25, 0.3) is 0 Å². The summed E-state index contributed by atoms with van der Waals surface area (Å²) < 4.78 is 30.0. The summed E-state index contributed by atoms with van der Waals surface area (Å²) in [6.45, 7) is 3.96. The fourth-order valence-electron chi connectivity index (χ4n) is 3.64. The molecule has 0 radical (unpaired) electrons. The maximum Gasteiger partial charge on any atom is 0.225 e. The number of benzene rings is 1. The van der Waals surface area contributed by atoms with Gasteiger partial charge in [-0.15, -0.1) is 0 Å². The van der Waals surface area contributed by atoms with Crippen molar-refractivity contribution in [1.29, 1.82) is 0 Å². The largest absolute Gasteiger partial charge is 0.379 e. The van der Waals surface area contributed by atoms with Crippen molar-refractivity contribution >= 4 is 21.4 Å². The number of ether oxygens (including phenoxy) is 1. The second-order valence-corrected chi connectivity index (χ2v) is 9.52. The SMILES string of the molecule is O=C(CCS(=O)(=O)C1CCCC1)Nc1ccccc1CN1CCOCC1. The van der Waals surface area contributed by atoms with E-state index in [2.05, 4.69) is 10.2 Å². The first kappa shape index (κ1) is 19.3. The Balaban J connectivity index is 1.55. The van der Waals surface area contributed by atoms with E-state index in [9.17, 15) is 13.2 Å². The van der Waals surface area contributed by atoms with Crippen LogP contribution in [0, 0.1) is 0 Å². The Kier molecular flexibility index (Phi) is 6.67. The Morgan fingerprint density at radius 3 is 2.58 bits per heavy atom. The van der Waals surface area contributed by atoms with Crippen LogP contribution in [0.15, 0.2) is 24.3 Å². The number of morpholine rings is 1. The molecule has 0 aromatic heterocycles. The van der Waals surface area contributed by atoms with Gasteiger partial charge >= 0.3 is 0 Å². The van der Waals surface area contributed by atoms with Crippen molar-refractivity contribution in [3.63, 3.8) is 0 Å². The van der Waals surface area contributed by atoms with Crippen LogP contribution in [0.4, 0.5) is 5.69 Å². The van der Waals surface area contributed by atoms with Crippen LogP contribution in [0.2, 0.25) is 0 Å². The highest BCUT2D eigenvalue weighted by Gasteiger charge is 2.28. The number of carbonyl (C=O) groups excluding carboxylic acids is 1. The summed E-state index contributed by atoms with van der Waals surface area (Å²) in [5, 5.41) is 2.66. The average Bonchev–Trinajstić information content (AvgIpc) is 3.18. The van der Waals surface area contributed by atoms with Gasteiger partial charge in [0.2, 0.25) is 5.91 Å². The lowest BCUT2D eigenvalue weighted by Gasteiger charge is -2.27. The van der Waals surface area contributed by atoms with Crippen LogP contribution in [0.3, 0.4) is 0 Å². The van der Waals surface area contributed by atoms with E-state index in [0.29, 0.717) is 0 Å². The van der Waals surface area contributed by atoms with Gasteiger partial charge in [-0.25, -0.2) is 8.42 Å². The number of sulfone groups is 1. The Labute approximate surface area is 155 Å². The molecule has 0 unspecified atom stereocenters. The van der Waals surface area contributed by atoms with Crippen molar-refractivity contribution in [2.45, 2.75) is 43.9 Å². The zero-order valence-electron chi connectivity index (χ0n) is 15.2. The van der Waals surface area contributed by atoms with Gasteiger partial charge in [0.05, 0.1) is 24.2 Å². The Hall–Kier alpha value is -1.44. The van der Waals surface area contributed by atoms with E-state index in [-0.39, 0.29) is 23.3 Å². The van der Waals surface area contributed by atoms with E-state index < -0.39 is 9.84 Å². The number of nitrogens with one attached hydrogen (secondary N) is 1. The molecule has 144 valence electrons. The normalized spacial score (nSPS) is 19.5. The number of nitrogens with zero attached hydrogens (tertiary/aromatic N) is 1. The second-order valence-electron chi connectivity index (χ2n) is 7.12. The quantitative estimate of drug-likeness (QED) is 0.785. The fourth-order valence-corrected chi connectivity index (χ4v) is 5.50. The van der Waals surface area contributed by atoms with E-state index in [1.807, 2.05) is 24.3 Å². The third-order valence-corrected chi connectivity index (χ3v) is 7.47.